The standard InChI is InChI=1S/C17H20FN3O3/c1-12(17(23)20-15-8-4-3-7-14(15)18)21(2)11-16(22)19-10-13-6-5-9-24-13/h3-9,12H,10-11H2,1-2H3,(H,19,22)(H,20,23)/t12-/m0/s1. The number of hydrogen-bond donors (Lipinski definition) is 2. The maximum atomic E-state index is 13.6. The number of amides is 2. The molecule has 1 heterocycles. The molecule has 0 bridgehead atoms. The Morgan fingerprint density at radius 1 is 1.25 bits per heavy atom. The smallest absolute Gasteiger partial charge is 0.241 e. The molecule has 1 aromatic heterocycles. The maximum Gasteiger partial charge on any atom is 0.241 e. The van der Waals surface area contributed by atoms with Gasteiger partial charge in [-0.05, 0) is 38.2 Å². The molecule has 0 spiro atoms. The highest BCUT2D eigenvalue weighted by atomic mass is 19.1. The Morgan fingerprint density at radius 3 is 2.67 bits per heavy atom. The third kappa shape index (κ3) is 4.92. The van der Waals surface area contributed by atoms with Crippen molar-refractivity contribution in [2.24, 2.45) is 0 Å². The van der Waals surface area contributed by atoms with Gasteiger partial charge in [-0.3, -0.25) is 14.5 Å². The second-order valence-electron chi connectivity index (χ2n) is 5.42. The van der Waals surface area contributed by atoms with Crippen molar-refractivity contribution in [1.29, 1.82) is 0 Å². The highest BCUT2D eigenvalue weighted by Gasteiger charge is 2.21. The Balaban J connectivity index is 1.82. The molecule has 0 saturated carbocycles. The molecule has 0 unspecified atom stereocenters. The van der Waals surface area contributed by atoms with Crippen LogP contribution in [0.4, 0.5) is 10.1 Å². The van der Waals surface area contributed by atoms with E-state index in [1.807, 2.05) is 0 Å². The van der Waals surface area contributed by atoms with Crippen LogP contribution < -0.4 is 10.6 Å². The molecule has 2 rings (SSSR count). The molecule has 0 fully saturated rings. The van der Waals surface area contributed by atoms with Crippen molar-refractivity contribution in [2.45, 2.75) is 19.5 Å². The lowest BCUT2D eigenvalue weighted by molar-refractivity contribution is -0.125. The van der Waals surface area contributed by atoms with Crippen LogP contribution in [0.5, 0.6) is 0 Å². The van der Waals surface area contributed by atoms with Gasteiger partial charge in [0.15, 0.2) is 0 Å². The Morgan fingerprint density at radius 2 is 2.00 bits per heavy atom. The van der Waals surface area contributed by atoms with E-state index >= 15 is 0 Å². The van der Waals surface area contributed by atoms with Gasteiger partial charge in [0, 0.05) is 0 Å². The molecule has 2 aromatic rings. The average Bonchev–Trinajstić information content (AvgIpc) is 3.07. The largest absolute Gasteiger partial charge is 0.467 e. The second-order valence-corrected chi connectivity index (χ2v) is 5.42. The first kappa shape index (κ1) is 17.7. The van der Waals surface area contributed by atoms with E-state index in [1.54, 1.807) is 43.1 Å². The molecular formula is C17H20FN3O3. The van der Waals surface area contributed by atoms with E-state index in [0.29, 0.717) is 5.76 Å². The molecule has 6 nitrogen and oxygen atoms in total. The van der Waals surface area contributed by atoms with Gasteiger partial charge in [0.05, 0.1) is 31.1 Å². The number of furan rings is 1. The predicted octanol–water partition coefficient (Wildman–Crippen LogP) is 1.99. The van der Waals surface area contributed by atoms with Crippen LogP contribution in [0, 0.1) is 5.82 Å². The van der Waals surface area contributed by atoms with Gasteiger partial charge in [-0.25, -0.2) is 4.39 Å². The van der Waals surface area contributed by atoms with Gasteiger partial charge in [-0.2, -0.15) is 0 Å². The lowest BCUT2D eigenvalue weighted by Crippen LogP contribution is -2.44. The SMILES string of the molecule is C[C@@H](C(=O)Nc1ccccc1F)N(C)CC(=O)NCc1ccco1. The number of nitrogens with one attached hydrogen (secondary N) is 2. The van der Waals surface area contributed by atoms with Crippen LogP contribution in [0.15, 0.2) is 47.1 Å². The lowest BCUT2D eigenvalue weighted by Gasteiger charge is -2.23. The molecule has 2 N–H and O–H groups in total. The predicted molar refractivity (Wildman–Crippen MR) is 87.7 cm³/mol. The van der Waals surface area contributed by atoms with E-state index in [2.05, 4.69) is 10.6 Å². The fourth-order valence-electron chi connectivity index (χ4n) is 2.02. The molecule has 0 radical (unpaired) electrons. The molecule has 1 atom stereocenters. The van der Waals surface area contributed by atoms with Gasteiger partial charge in [0.1, 0.15) is 11.6 Å². The minimum absolute atomic E-state index is 0.0343. The number of nitrogens with zero attached hydrogens (tertiary/aromatic N) is 1. The van der Waals surface area contributed by atoms with Crippen molar-refractivity contribution < 1.29 is 18.4 Å². The van der Waals surface area contributed by atoms with Gasteiger partial charge < -0.3 is 15.1 Å². The van der Waals surface area contributed by atoms with Gasteiger partial charge in [-0.15, -0.1) is 0 Å². The zero-order chi connectivity index (χ0) is 17.5. The molecular weight excluding hydrogens is 313 g/mol. The number of anilines is 1. The summed E-state index contributed by atoms with van der Waals surface area (Å²) in [5, 5.41) is 5.22. The number of hydrogen-bond acceptors (Lipinski definition) is 4. The van der Waals surface area contributed by atoms with Crippen molar-refractivity contribution in [1.82, 2.24) is 10.2 Å². The second kappa shape index (κ2) is 8.26. The summed E-state index contributed by atoms with van der Waals surface area (Å²) in [6, 6.07) is 8.83. The Hall–Kier alpha value is -2.67. The van der Waals surface area contributed by atoms with Gasteiger partial charge in [0.2, 0.25) is 11.8 Å². The van der Waals surface area contributed by atoms with Crippen LogP contribution in [-0.4, -0.2) is 36.3 Å². The molecule has 7 heteroatoms. The molecule has 2 amide bonds. The van der Waals surface area contributed by atoms with Crippen LogP contribution in [0.25, 0.3) is 0 Å². The fraction of sp³-hybridized carbons (Fsp3) is 0.294. The molecule has 1 aromatic carbocycles. The summed E-state index contributed by atoms with van der Waals surface area (Å²) in [6.45, 7) is 1.97. The van der Waals surface area contributed by atoms with Crippen molar-refractivity contribution >= 4 is 17.5 Å². The number of halogens is 1. The van der Waals surface area contributed by atoms with Gasteiger partial charge in [0.25, 0.3) is 0 Å². The summed E-state index contributed by atoms with van der Waals surface area (Å²) in [5.74, 6) is -0.478. The molecule has 0 aliphatic carbocycles. The van der Waals surface area contributed by atoms with E-state index in [1.165, 1.54) is 18.4 Å². The Bertz CT molecular complexity index is 688. The average molecular weight is 333 g/mol. The molecule has 24 heavy (non-hydrogen) atoms. The van der Waals surface area contributed by atoms with Crippen LogP contribution in [0.3, 0.4) is 0 Å². The third-order valence-electron chi connectivity index (χ3n) is 3.61. The Kier molecular flexibility index (Phi) is 6.08. The first-order valence-electron chi connectivity index (χ1n) is 7.52. The maximum absolute atomic E-state index is 13.6. The highest BCUT2D eigenvalue weighted by Crippen LogP contribution is 2.13. The van der Waals surface area contributed by atoms with E-state index in [4.69, 9.17) is 4.42 Å². The highest BCUT2D eigenvalue weighted by molar-refractivity contribution is 5.95. The van der Waals surface area contributed by atoms with Gasteiger partial charge >= 0.3 is 0 Å². The number of carbonyl (C=O) groups excluding carboxylic acids is 2. The van der Waals surface area contributed by atoms with Crippen molar-refractivity contribution in [3.8, 4) is 0 Å². The summed E-state index contributed by atoms with van der Waals surface area (Å²) < 4.78 is 18.7. The summed E-state index contributed by atoms with van der Waals surface area (Å²) in [5.41, 5.74) is 0.116. The fourth-order valence-corrected chi connectivity index (χ4v) is 2.02. The third-order valence-corrected chi connectivity index (χ3v) is 3.61. The number of benzene rings is 1. The number of para-hydroxylation sites is 1. The van der Waals surface area contributed by atoms with E-state index in [0.717, 1.165) is 0 Å². The molecule has 0 aliphatic rings. The summed E-state index contributed by atoms with van der Waals surface area (Å²) in [4.78, 5) is 25.6. The number of rotatable bonds is 7. The van der Waals surface area contributed by atoms with E-state index in [9.17, 15) is 14.0 Å². The van der Waals surface area contributed by atoms with Gasteiger partial charge in [-0.1, -0.05) is 12.1 Å². The van der Waals surface area contributed by atoms with Crippen LogP contribution in [0.1, 0.15) is 12.7 Å². The van der Waals surface area contributed by atoms with Crippen molar-refractivity contribution in [2.75, 3.05) is 18.9 Å². The zero-order valence-corrected chi connectivity index (χ0v) is 13.6. The van der Waals surface area contributed by atoms with Crippen LogP contribution >= 0.6 is 0 Å². The topological polar surface area (TPSA) is 74.6 Å². The number of likely N-dealkylation sites (N-methyl/N-ethyl adjacent to an activating group) is 1. The molecule has 0 aliphatic heterocycles. The van der Waals surface area contributed by atoms with Crippen LogP contribution in [0.2, 0.25) is 0 Å². The first-order valence-corrected chi connectivity index (χ1v) is 7.52. The first-order chi connectivity index (χ1) is 11.5. The molecule has 0 saturated heterocycles. The quantitative estimate of drug-likeness (QED) is 0.813. The van der Waals surface area contributed by atoms with Crippen LogP contribution in [-0.2, 0) is 16.1 Å². The normalized spacial score (nSPS) is 12.0. The number of carbonyl (C=O) groups is 2. The minimum atomic E-state index is -0.598. The summed E-state index contributed by atoms with van der Waals surface area (Å²) in [6.07, 6.45) is 1.53. The molecule has 128 valence electrons. The zero-order valence-electron chi connectivity index (χ0n) is 13.6. The lowest BCUT2D eigenvalue weighted by atomic mass is 10.2. The summed E-state index contributed by atoms with van der Waals surface area (Å²) >= 11 is 0. The monoisotopic (exact) mass is 333 g/mol. The van der Waals surface area contributed by atoms with E-state index in [-0.39, 0.29) is 30.6 Å². The Labute approximate surface area is 139 Å². The summed E-state index contributed by atoms with van der Waals surface area (Å²) in [7, 11) is 1.65. The van der Waals surface area contributed by atoms with Crippen molar-refractivity contribution in [3.63, 3.8) is 0 Å². The van der Waals surface area contributed by atoms with Crippen molar-refractivity contribution in [3.05, 3.63) is 54.2 Å². The minimum Gasteiger partial charge on any atom is -0.467 e. The van der Waals surface area contributed by atoms with E-state index < -0.39 is 11.9 Å².